The Labute approximate surface area is 110 Å². The largest absolute Gasteiger partial charge is 0.342 e. The lowest BCUT2D eigenvalue weighted by Gasteiger charge is -2.44. The van der Waals surface area contributed by atoms with Crippen molar-refractivity contribution >= 4 is 5.91 Å². The molecule has 2 aliphatic heterocycles. The number of piperidine rings is 2. The second kappa shape index (κ2) is 5.60. The minimum atomic E-state index is 0.402. The van der Waals surface area contributed by atoms with Gasteiger partial charge in [-0.3, -0.25) is 4.79 Å². The molecular formula is C15H26N2O. The van der Waals surface area contributed by atoms with E-state index in [9.17, 15) is 4.79 Å². The fourth-order valence-electron chi connectivity index (χ4n) is 4.22. The molecule has 3 heteroatoms. The molecule has 3 rings (SSSR count). The number of hydrogen-bond acceptors (Lipinski definition) is 2. The van der Waals surface area contributed by atoms with Crippen LogP contribution in [0.4, 0.5) is 0 Å². The Kier molecular flexibility index (Phi) is 3.88. The Hall–Kier alpha value is -0.570. The Balaban J connectivity index is 1.61. The number of carbonyl (C=O) groups is 1. The van der Waals surface area contributed by atoms with Gasteiger partial charge in [0.05, 0.1) is 0 Å². The zero-order valence-electron chi connectivity index (χ0n) is 11.4. The SMILES string of the molecule is O=C1CCCCN1C[C@H]1CCC[C@H]2CCCN[C@H]21. The minimum Gasteiger partial charge on any atom is -0.342 e. The Bertz CT molecular complexity index is 303. The Morgan fingerprint density at radius 1 is 1.11 bits per heavy atom. The van der Waals surface area contributed by atoms with Gasteiger partial charge < -0.3 is 10.2 Å². The van der Waals surface area contributed by atoms with Gasteiger partial charge in [-0.05, 0) is 56.9 Å². The van der Waals surface area contributed by atoms with Crippen molar-refractivity contribution < 1.29 is 4.79 Å². The van der Waals surface area contributed by atoms with E-state index >= 15 is 0 Å². The highest BCUT2D eigenvalue weighted by atomic mass is 16.2. The highest BCUT2D eigenvalue weighted by molar-refractivity contribution is 5.76. The highest BCUT2D eigenvalue weighted by Gasteiger charge is 2.36. The van der Waals surface area contributed by atoms with E-state index < -0.39 is 0 Å². The molecule has 0 aromatic heterocycles. The predicted molar refractivity (Wildman–Crippen MR) is 72.3 cm³/mol. The summed E-state index contributed by atoms with van der Waals surface area (Å²) in [4.78, 5) is 14.1. The summed E-state index contributed by atoms with van der Waals surface area (Å²) >= 11 is 0. The molecule has 2 saturated heterocycles. The van der Waals surface area contributed by atoms with Crippen LogP contribution in [-0.2, 0) is 4.79 Å². The van der Waals surface area contributed by atoms with E-state index in [4.69, 9.17) is 0 Å². The molecule has 2 heterocycles. The molecule has 3 nitrogen and oxygen atoms in total. The van der Waals surface area contributed by atoms with Crippen LogP contribution in [-0.4, -0.2) is 36.5 Å². The van der Waals surface area contributed by atoms with Gasteiger partial charge in [0.1, 0.15) is 0 Å². The van der Waals surface area contributed by atoms with E-state index in [1.165, 1.54) is 45.1 Å². The van der Waals surface area contributed by atoms with E-state index in [1.54, 1.807) is 0 Å². The molecule has 1 N–H and O–H groups in total. The van der Waals surface area contributed by atoms with Gasteiger partial charge in [-0.1, -0.05) is 6.42 Å². The van der Waals surface area contributed by atoms with E-state index in [0.717, 1.165) is 31.8 Å². The number of nitrogens with zero attached hydrogens (tertiary/aromatic N) is 1. The van der Waals surface area contributed by atoms with Crippen molar-refractivity contribution in [3.63, 3.8) is 0 Å². The zero-order valence-corrected chi connectivity index (χ0v) is 11.4. The average molecular weight is 250 g/mol. The first-order valence-corrected chi connectivity index (χ1v) is 7.86. The van der Waals surface area contributed by atoms with Crippen molar-refractivity contribution in [1.29, 1.82) is 0 Å². The number of fused-ring (bicyclic) bond motifs is 1. The van der Waals surface area contributed by atoms with Crippen LogP contribution in [0, 0.1) is 11.8 Å². The van der Waals surface area contributed by atoms with Crippen LogP contribution in [0.5, 0.6) is 0 Å². The number of carbonyl (C=O) groups excluding carboxylic acids is 1. The van der Waals surface area contributed by atoms with Crippen molar-refractivity contribution in [2.45, 2.75) is 57.4 Å². The standard InChI is InChI=1S/C15H26N2O/c18-14-8-1-2-10-17(14)11-13-6-3-5-12-7-4-9-16-15(12)13/h12-13,15-16H,1-11H2/t12-,13+,15+/m0/s1. The number of hydrogen-bond donors (Lipinski definition) is 1. The first-order valence-electron chi connectivity index (χ1n) is 7.86. The van der Waals surface area contributed by atoms with Gasteiger partial charge in [0.25, 0.3) is 0 Å². The fraction of sp³-hybridized carbons (Fsp3) is 0.933. The molecule has 3 aliphatic rings. The summed E-state index contributed by atoms with van der Waals surface area (Å²) in [6.07, 6.45) is 9.94. The average Bonchev–Trinajstić information content (AvgIpc) is 2.42. The lowest BCUT2D eigenvalue weighted by atomic mass is 9.73. The summed E-state index contributed by atoms with van der Waals surface area (Å²) < 4.78 is 0. The molecule has 18 heavy (non-hydrogen) atoms. The summed E-state index contributed by atoms with van der Waals surface area (Å²) in [5.41, 5.74) is 0. The lowest BCUT2D eigenvalue weighted by molar-refractivity contribution is -0.134. The molecule has 1 saturated carbocycles. The predicted octanol–water partition coefficient (Wildman–Crippen LogP) is 2.17. The minimum absolute atomic E-state index is 0.402. The van der Waals surface area contributed by atoms with Crippen LogP contribution in [0.1, 0.15) is 51.4 Å². The molecule has 0 aromatic rings. The topological polar surface area (TPSA) is 32.3 Å². The Morgan fingerprint density at radius 3 is 2.89 bits per heavy atom. The lowest BCUT2D eigenvalue weighted by Crippen LogP contribution is -2.52. The van der Waals surface area contributed by atoms with E-state index in [0.29, 0.717) is 17.9 Å². The van der Waals surface area contributed by atoms with Crippen molar-refractivity contribution in [2.24, 2.45) is 11.8 Å². The van der Waals surface area contributed by atoms with Crippen LogP contribution in [0.15, 0.2) is 0 Å². The summed E-state index contributed by atoms with van der Waals surface area (Å²) in [5.74, 6) is 2.00. The summed E-state index contributed by atoms with van der Waals surface area (Å²) in [7, 11) is 0. The Morgan fingerprint density at radius 2 is 2.00 bits per heavy atom. The molecule has 3 atom stereocenters. The maximum atomic E-state index is 11.9. The molecule has 0 radical (unpaired) electrons. The van der Waals surface area contributed by atoms with Crippen LogP contribution in [0.2, 0.25) is 0 Å². The monoisotopic (exact) mass is 250 g/mol. The molecule has 3 fully saturated rings. The molecule has 1 amide bonds. The van der Waals surface area contributed by atoms with E-state index in [-0.39, 0.29) is 0 Å². The maximum Gasteiger partial charge on any atom is 0.222 e. The van der Waals surface area contributed by atoms with Gasteiger partial charge in [-0.15, -0.1) is 0 Å². The third kappa shape index (κ3) is 2.56. The summed E-state index contributed by atoms with van der Waals surface area (Å²) in [6.45, 7) is 3.21. The summed E-state index contributed by atoms with van der Waals surface area (Å²) in [6, 6.07) is 0.697. The van der Waals surface area contributed by atoms with E-state index in [2.05, 4.69) is 10.2 Å². The fourth-order valence-corrected chi connectivity index (χ4v) is 4.22. The van der Waals surface area contributed by atoms with Gasteiger partial charge in [-0.25, -0.2) is 0 Å². The quantitative estimate of drug-likeness (QED) is 0.814. The van der Waals surface area contributed by atoms with Gasteiger partial charge >= 0.3 is 0 Å². The van der Waals surface area contributed by atoms with Crippen LogP contribution in [0.25, 0.3) is 0 Å². The van der Waals surface area contributed by atoms with Crippen LogP contribution >= 0.6 is 0 Å². The first kappa shape index (κ1) is 12.5. The number of amides is 1. The zero-order chi connectivity index (χ0) is 12.4. The molecule has 102 valence electrons. The molecule has 0 spiro atoms. The van der Waals surface area contributed by atoms with Crippen LogP contribution < -0.4 is 5.32 Å². The summed E-state index contributed by atoms with van der Waals surface area (Å²) in [5, 5.41) is 3.74. The highest BCUT2D eigenvalue weighted by Crippen LogP contribution is 2.35. The number of nitrogens with one attached hydrogen (secondary N) is 1. The second-order valence-electron chi connectivity index (χ2n) is 6.37. The normalized spacial score (nSPS) is 37.4. The van der Waals surface area contributed by atoms with Crippen molar-refractivity contribution in [3.05, 3.63) is 0 Å². The smallest absolute Gasteiger partial charge is 0.222 e. The third-order valence-electron chi connectivity index (χ3n) is 5.17. The molecule has 1 aliphatic carbocycles. The van der Waals surface area contributed by atoms with Gasteiger partial charge in [0.2, 0.25) is 5.91 Å². The number of likely N-dealkylation sites (tertiary alicyclic amines) is 1. The molecule has 0 bridgehead atoms. The second-order valence-corrected chi connectivity index (χ2v) is 6.37. The molecular weight excluding hydrogens is 224 g/mol. The van der Waals surface area contributed by atoms with Crippen LogP contribution in [0.3, 0.4) is 0 Å². The van der Waals surface area contributed by atoms with Gasteiger partial charge in [0.15, 0.2) is 0 Å². The molecule has 0 aromatic carbocycles. The van der Waals surface area contributed by atoms with Gasteiger partial charge in [0, 0.05) is 25.6 Å². The third-order valence-corrected chi connectivity index (χ3v) is 5.17. The van der Waals surface area contributed by atoms with Crippen molar-refractivity contribution in [3.8, 4) is 0 Å². The number of rotatable bonds is 2. The first-order chi connectivity index (χ1) is 8.84. The van der Waals surface area contributed by atoms with Crippen molar-refractivity contribution in [1.82, 2.24) is 10.2 Å². The maximum absolute atomic E-state index is 11.9. The van der Waals surface area contributed by atoms with Gasteiger partial charge in [-0.2, -0.15) is 0 Å². The molecule has 0 unspecified atom stereocenters. The van der Waals surface area contributed by atoms with E-state index in [1.807, 2.05) is 0 Å². The van der Waals surface area contributed by atoms with Crippen molar-refractivity contribution in [2.75, 3.05) is 19.6 Å².